The third-order valence-corrected chi connectivity index (χ3v) is 5.14. The second-order valence-corrected chi connectivity index (χ2v) is 6.50. The maximum Gasteiger partial charge on any atom is 0.0158 e. The highest BCUT2D eigenvalue weighted by Gasteiger charge is 2.08. The Balaban J connectivity index is 1.74. The second kappa shape index (κ2) is 8.91. The van der Waals surface area contributed by atoms with Gasteiger partial charge in [-0.25, -0.2) is 0 Å². The topological polar surface area (TPSA) is 12.0 Å². The fourth-order valence-electron chi connectivity index (χ4n) is 2.42. The van der Waals surface area contributed by atoms with Crippen molar-refractivity contribution >= 4 is 11.8 Å². The van der Waals surface area contributed by atoms with Gasteiger partial charge in [0.05, 0.1) is 0 Å². The van der Waals surface area contributed by atoms with E-state index in [-0.39, 0.29) is 0 Å². The van der Waals surface area contributed by atoms with Crippen molar-refractivity contribution in [1.29, 1.82) is 0 Å². The van der Waals surface area contributed by atoms with Gasteiger partial charge in [0.25, 0.3) is 0 Å². The predicted molar refractivity (Wildman–Crippen MR) is 94.1 cm³/mol. The van der Waals surface area contributed by atoms with Crippen LogP contribution in [-0.4, -0.2) is 18.8 Å². The first-order valence-electron chi connectivity index (χ1n) is 7.69. The van der Waals surface area contributed by atoms with Crippen LogP contribution in [0.1, 0.15) is 24.0 Å². The predicted octanol–water partition coefficient (Wildman–Crippen LogP) is 4.70. The number of hydrogen-bond donors (Lipinski definition) is 1. The highest BCUT2D eigenvalue weighted by Crippen LogP contribution is 2.23. The Bertz CT molecular complexity index is 524. The number of aryl methyl sites for hydroxylation is 2. The lowest BCUT2D eigenvalue weighted by atomic mass is 10.1. The Labute approximate surface area is 133 Å². The third kappa shape index (κ3) is 5.56. The van der Waals surface area contributed by atoms with Crippen LogP contribution in [0.2, 0.25) is 0 Å². The summed E-state index contributed by atoms with van der Waals surface area (Å²) in [4.78, 5) is 1.40. The lowest BCUT2D eigenvalue weighted by molar-refractivity contribution is 0.549. The molecule has 2 aromatic carbocycles. The fraction of sp³-hybridized carbons (Fsp3) is 0.368. The molecule has 0 saturated heterocycles. The van der Waals surface area contributed by atoms with Crippen LogP contribution in [0, 0.1) is 6.92 Å². The Morgan fingerprint density at radius 1 is 1.00 bits per heavy atom. The number of benzene rings is 2. The summed E-state index contributed by atoms with van der Waals surface area (Å²) in [7, 11) is 2.07. The summed E-state index contributed by atoms with van der Waals surface area (Å²) in [6, 6.07) is 20.0. The monoisotopic (exact) mass is 299 g/mol. The number of hydrogen-bond acceptors (Lipinski definition) is 2. The molecule has 0 aliphatic carbocycles. The molecule has 1 unspecified atom stereocenters. The molecule has 0 fully saturated rings. The van der Waals surface area contributed by atoms with Gasteiger partial charge in [0.2, 0.25) is 0 Å². The van der Waals surface area contributed by atoms with Crippen LogP contribution in [-0.2, 0) is 6.42 Å². The minimum atomic E-state index is 0.582. The Morgan fingerprint density at radius 3 is 2.43 bits per heavy atom. The third-order valence-electron chi connectivity index (χ3n) is 3.80. The van der Waals surface area contributed by atoms with Crippen molar-refractivity contribution in [3.63, 3.8) is 0 Å². The normalized spacial score (nSPS) is 12.3. The van der Waals surface area contributed by atoms with Gasteiger partial charge in [-0.15, -0.1) is 11.8 Å². The summed E-state index contributed by atoms with van der Waals surface area (Å²) in [6.07, 6.45) is 3.64. The van der Waals surface area contributed by atoms with E-state index in [9.17, 15) is 0 Å². The molecule has 0 bridgehead atoms. The quantitative estimate of drug-likeness (QED) is 0.709. The van der Waals surface area contributed by atoms with Gasteiger partial charge in [-0.1, -0.05) is 48.5 Å². The average molecular weight is 299 g/mol. The second-order valence-electron chi connectivity index (χ2n) is 5.44. The van der Waals surface area contributed by atoms with Gasteiger partial charge in [0.1, 0.15) is 0 Å². The smallest absolute Gasteiger partial charge is 0.0158 e. The Kier molecular flexibility index (Phi) is 6.84. The van der Waals surface area contributed by atoms with Crippen LogP contribution in [0.5, 0.6) is 0 Å². The molecule has 21 heavy (non-hydrogen) atoms. The summed E-state index contributed by atoms with van der Waals surface area (Å²) in [6.45, 7) is 2.19. The summed E-state index contributed by atoms with van der Waals surface area (Å²) >= 11 is 1.96. The molecule has 112 valence electrons. The van der Waals surface area contributed by atoms with Gasteiger partial charge in [-0.3, -0.25) is 0 Å². The summed E-state index contributed by atoms with van der Waals surface area (Å²) in [5.41, 5.74) is 2.82. The molecular formula is C19H25NS. The molecule has 1 nitrogen and oxygen atoms in total. The number of nitrogens with one attached hydrogen (secondary N) is 1. The summed E-state index contributed by atoms with van der Waals surface area (Å²) in [5, 5.41) is 3.46. The Hall–Kier alpha value is -1.25. The number of rotatable bonds is 8. The van der Waals surface area contributed by atoms with Crippen LogP contribution in [0.3, 0.4) is 0 Å². The average Bonchev–Trinajstić information content (AvgIpc) is 2.53. The molecule has 0 amide bonds. The SMILES string of the molecule is CNC(CCCc1ccccc1)CSc1ccccc1C. The molecule has 2 rings (SSSR count). The maximum absolute atomic E-state index is 3.46. The minimum absolute atomic E-state index is 0.582. The van der Waals surface area contributed by atoms with Gasteiger partial charge in [-0.05, 0) is 50.4 Å². The highest BCUT2D eigenvalue weighted by atomic mass is 32.2. The zero-order valence-electron chi connectivity index (χ0n) is 13.0. The van der Waals surface area contributed by atoms with E-state index >= 15 is 0 Å². The molecule has 0 aliphatic heterocycles. The first-order valence-corrected chi connectivity index (χ1v) is 8.68. The lowest BCUT2D eigenvalue weighted by Gasteiger charge is -2.16. The molecule has 0 spiro atoms. The van der Waals surface area contributed by atoms with Crippen LogP contribution >= 0.6 is 11.8 Å². The molecule has 2 aromatic rings. The van der Waals surface area contributed by atoms with Crippen molar-refractivity contribution in [2.75, 3.05) is 12.8 Å². The highest BCUT2D eigenvalue weighted by molar-refractivity contribution is 7.99. The van der Waals surface area contributed by atoms with Gasteiger partial charge in [0.15, 0.2) is 0 Å². The molecule has 1 N–H and O–H groups in total. The van der Waals surface area contributed by atoms with Crippen molar-refractivity contribution < 1.29 is 0 Å². The largest absolute Gasteiger partial charge is 0.316 e. The van der Waals surface area contributed by atoms with E-state index in [4.69, 9.17) is 0 Å². The van der Waals surface area contributed by atoms with E-state index < -0.39 is 0 Å². The summed E-state index contributed by atoms with van der Waals surface area (Å²) in [5.74, 6) is 1.14. The first-order chi connectivity index (χ1) is 10.3. The van der Waals surface area contributed by atoms with Gasteiger partial charge >= 0.3 is 0 Å². The van der Waals surface area contributed by atoms with E-state index in [2.05, 4.69) is 73.9 Å². The van der Waals surface area contributed by atoms with E-state index in [0.717, 1.165) is 5.75 Å². The van der Waals surface area contributed by atoms with Crippen LogP contribution in [0.4, 0.5) is 0 Å². The van der Waals surface area contributed by atoms with Crippen molar-refractivity contribution in [2.45, 2.75) is 37.1 Å². The van der Waals surface area contributed by atoms with Gasteiger partial charge < -0.3 is 5.32 Å². The standard InChI is InChI=1S/C19H25NS/c1-16-9-6-7-14-19(16)21-15-18(20-2)13-8-12-17-10-4-3-5-11-17/h3-7,9-11,14,18,20H,8,12-13,15H2,1-2H3. The van der Waals surface area contributed by atoms with Crippen molar-refractivity contribution in [3.05, 3.63) is 65.7 Å². The zero-order chi connectivity index (χ0) is 14.9. The summed E-state index contributed by atoms with van der Waals surface area (Å²) < 4.78 is 0. The molecule has 2 heteroatoms. The van der Waals surface area contributed by atoms with Crippen molar-refractivity contribution in [3.8, 4) is 0 Å². The van der Waals surface area contributed by atoms with Crippen molar-refractivity contribution in [2.24, 2.45) is 0 Å². The van der Waals surface area contributed by atoms with Crippen molar-refractivity contribution in [1.82, 2.24) is 5.32 Å². The van der Waals surface area contributed by atoms with Gasteiger partial charge in [-0.2, -0.15) is 0 Å². The van der Waals surface area contributed by atoms with Crippen LogP contribution in [0.15, 0.2) is 59.5 Å². The molecule has 0 radical (unpaired) electrons. The lowest BCUT2D eigenvalue weighted by Crippen LogP contribution is -2.27. The van der Waals surface area contributed by atoms with Crippen LogP contribution in [0.25, 0.3) is 0 Å². The zero-order valence-corrected chi connectivity index (χ0v) is 13.8. The van der Waals surface area contributed by atoms with Crippen LogP contribution < -0.4 is 5.32 Å². The maximum atomic E-state index is 3.46. The molecule has 1 atom stereocenters. The first kappa shape index (κ1) is 16.1. The molecular weight excluding hydrogens is 274 g/mol. The van der Waals surface area contributed by atoms with E-state index in [1.807, 2.05) is 11.8 Å². The Morgan fingerprint density at radius 2 is 1.71 bits per heavy atom. The molecule has 0 aliphatic rings. The minimum Gasteiger partial charge on any atom is -0.316 e. The van der Waals surface area contributed by atoms with E-state index in [1.54, 1.807) is 0 Å². The number of thioether (sulfide) groups is 1. The molecule has 0 heterocycles. The fourth-order valence-corrected chi connectivity index (χ4v) is 3.60. The van der Waals surface area contributed by atoms with Gasteiger partial charge in [0, 0.05) is 16.7 Å². The van der Waals surface area contributed by atoms with E-state index in [0.29, 0.717) is 6.04 Å². The molecule has 0 aromatic heterocycles. The van der Waals surface area contributed by atoms with E-state index in [1.165, 1.54) is 35.3 Å². The molecule has 0 saturated carbocycles.